The molecule has 15 heavy (non-hydrogen) atoms. The maximum absolute atomic E-state index is 6.01. The van der Waals surface area contributed by atoms with Gasteiger partial charge in [0, 0.05) is 17.9 Å². The lowest BCUT2D eigenvalue weighted by molar-refractivity contribution is 0.596. The van der Waals surface area contributed by atoms with Gasteiger partial charge in [-0.1, -0.05) is 25.1 Å². The van der Waals surface area contributed by atoms with Gasteiger partial charge in [-0.2, -0.15) is 0 Å². The van der Waals surface area contributed by atoms with E-state index in [9.17, 15) is 0 Å². The predicted octanol–water partition coefficient (Wildman–Crippen LogP) is 2.70. The first-order chi connectivity index (χ1) is 7.22. The molecule has 2 N–H and O–H groups in total. The zero-order valence-corrected chi connectivity index (χ0v) is 9.45. The zero-order chi connectivity index (χ0) is 11.1. The number of hydrogen-bond acceptors (Lipinski definition) is 2. The van der Waals surface area contributed by atoms with Crippen LogP contribution in [0, 0.1) is 0 Å². The molecule has 0 aliphatic carbocycles. The van der Waals surface area contributed by atoms with E-state index in [1.807, 2.05) is 24.4 Å². The maximum atomic E-state index is 6.01. The van der Waals surface area contributed by atoms with Crippen LogP contribution in [0.1, 0.15) is 31.9 Å². The standard InChI is InChI=1S/C13H20N2/c1-3-11(2)10-12(14)7-8-13-6-4-5-9-15-13/h4-6,9,12H,2-3,7-8,10,14H2,1H3. The van der Waals surface area contributed by atoms with Gasteiger partial charge in [-0.3, -0.25) is 4.98 Å². The summed E-state index contributed by atoms with van der Waals surface area (Å²) >= 11 is 0. The number of hydrogen-bond donors (Lipinski definition) is 1. The van der Waals surface area contributed by atoms with Crippen LogP contribution in [-0.4, -0.2) is 11.0 Å². The molecule has 1 aromatic rings. The quantitative estimate of drug-likeness (QED) is 0.724. The molecule has 0 amide bonds. The molecule has 0 radical (unpaired) electrons. The molecule has 0 aliphatic heterocycles. The number of pyridine rings is 1. The largest absolute Gasteiger partial charge is 0.327 e. The van der Waals surface area contributed by atoms with Crippen LogP contribution in [-0.2, 0) is 6.42 Å². The Morgan fingerprint density at radius 3 is 2.93 bits per heavy atom. The molecule has 82 valence electrons. The highest BCUT2D eigenvalue weighted by Crippen LogP contribution is 2.10. The first kappa shape index (κ1) is 11.9. The first-order valence-electron chi connectivity index (χ1n) is 5.54. The van der Waals surface area contributed by atoms with Crippen molar-refractivity contribution in [2.75, 3.05) is 0 Å². The molecule has 2 heteroatoms. The van der Waals surface area contributed by atoms with Crippen molar-refractivity contribution >= 4 is 0 Å². The van der Waals surface area contributed by atoms with Crippen LogP contribution < -0.4 is 5.73 Å². The van der Waals surface area contributed by atoms with E-state index < -0.39 is 0 Å². The van der Waals surface area contributed by atoms with E-state index >= 15 is 0 Å². The van der Waals surface area contributed by atoms with E-state index in [-0.39, 0.29) is 6.04 Å². The van der Waals surface area contributed by atoms with E-state index in [1.165, 1.54) is 5.57 Å². The topological polar surface area (TPSA) is 38.9 Å². The van der Waals surface area contributed by atoms with Crippen molar-refractivity contribution in [3.63, 3.8) is 0 Å². The molecule has 0 saturated carbocycles. The third kappa shape index (κ3) is 4.75. The van der Waals surface area contributed by atoms with Gasteiger partial charge in [0.25, 0.3) is 0 Å². The zero-order valence-electron chi connectivity index (χ0n) is 9.45. The van der Waals surface area contributed by atoms with Crippen molar-refractivity contribution in [3.05, 3.63) is 42.2 Å². The fourth-order valence-corrected chi connectivity index (χ4v) is 1.50. The Morgan fingerprint density at radius 2 is 2.33 bits per heavy atom. The Bertz CT molecular complexity index is 293. The van der Waals surface area contributed by atoms with Gasteiger partial charge in [0.1, 0.15) is 0 Å². The molecular weight excluding hydrogens is 184 g/mol. The third-order valence-corrected chi connectivity index (χ3v) is 2.55. The lowest BCUT2D eigenvalue weighted by atomic mass is 10.0. The van der Waals surface area contributed by atoms with E-state index in [0.29, 0.717) is 0 Å². The molecule has 2 nitrogen and oxygen atoms in total. The van der Waals surface area contributed by atoms with Gasteiger partial charge in [0.05, 0.1) is 0 Å². The maximum Gasteiger partial charge on any atom is 0.0404 e. The van der Waals surface area contributed by atoms with Gasteiger partial charge in [-0.25, -0.2) is 0 Å². The van der Waals surface area contributed by atoms with Crippen molar-refractivity contribution in [2.45, 2.75) is 38.6 Å². The van der Waals surface area contributed by atoms with Gasteiger partial charge in [-0.05, 0) is 37.8 Å². The predicted molar refractivity (Wildman–Crippen MR) is 64.6 cm³/mol. The Morgan fingerprint density at radius 1 is 1.53 bits per heavy atom. The summed E-state index contributed by atoms with van der Waals surface area (Å²) in [5.41, 5.74) is 8.37. The number of aromatic nitrogens is 1. The molecule has 1 aromatic heterocycles. The normalized spacial score (nSPS) is 12.4. The van der Waals surface area contributed by atoms with Crippen LogP contribution in [0.5, 0.6) is 0 Å². The smallest absolute Gasteiger partial charge is 0.0404 e. The van der Waals surface area contributed by atoms with Crippen LogP contribution >= 0.6 is 0 Å². The Hall–Kier alpha value is -1.15. The summed E-state index contributed by atoms with van der Waals surface area (Å²) in [6.45, 7) is 6.09. The molecule has 0 fully saturated rings. The molecule has 1 unspecified atom stereocenters. The molecule has 0 aromatic carbocycles. The molecule has 0 bridgehead atoms. The van der Waals surface area contributed by atoms with Crippen molar-refractivity contribution in [3.8, 4) is 0 Å². The summed E-state index contributed by atoms with van der Waals surface area (Å²) in [6.07, 6.45) is 5.72. The van der Waals surface area contributed by atoms with Crippen molar-refractivity contribution in [2.24, 2.45) is 5.73 Å². The van der Waals surface area contributed by atoms with Gasteiger partial charge < -0.3 is 5.73 Å². The fourth-order valence-electron chi connectivity index (χ4n) is 1.50. The lowest BCUT2D eigenvalue weighted by Crippen LogP contribution is -2.21. The van der Waals surface area contributed by atoms with Crippen molar-refractivity contribution < 1.29 is 0 Å². The van der Waals surface area contributed by atoms with Crippen LogP contribution in [0.3, 0.4) is 0 Å². The van der Waals surface area contributed by atoms with Crippen LogP contribution in [0.2, 0.25) is 0 Å². The average molecular weight is 204 g/mol. The number of nitrogens with zero attached hydrogens (tertiary/aromatic N) is 1. The average Bonchev–Trinajstić information content (AvgIpc) is 2.27. The minimum atomic E-state index is 0.222. The summed E-state index contributed by atoms with van der Waals surface area (Å²) in [4.78, 5) is 4.27. The Labute approximate surface area is 92.2 Å². The second kappa shape index (κ2) is 6.36. The SMILES string of the molecule is C=C(CC)CC(N)CCc1ccccn1. The second-order valence-corrected chi connectivity index (χ2v) is 3.93. The highest BCUT2D eigenvalue weighted by molar-refractivity contribution is 5.04. The monoisotopic (exact) mass is 204 g/mol. The molecule has 1 rings (SSSR count). The number of nitrogens with two attached hydrogens (primary N) is 1. The number of rotatable bonds is 6. The summed E-state index contributed by atoms with van der Waals surface area (Å²) in [5.74, 6) is 0. The van der Waals surface area contributed by atoms with Crippen molar-refractivity contribution in [1.82, 2.24) is 4.98 Å². The van der Waals surface area contributed by atoms with Gasteiger partial charge in [0.2, 0.25) is 0 Å². The molecule has 0 aliphatic rings. The Kier molecular flexibility index (Phi) is 5.05. The van der Waals surface area contributed by atoms with Gasteiger partial charge in [0.15, 0.2) is 0 Å². The minimum Gasteiger partial charge on any atom is -0.327 e. The fraction of sp³-hybridized carbons (Fsp3) is 0.462. The van der Waals surface area contributed by atoms with Crippen LogP contribution in [0.15, 0.2) is 36.5 Å². The molecular formula is C13H20N2. The van der Waals surface area contributed by atoms with E-state index in [0.717, 1.165) is 31.4 Å². The summed E-state index contributed by atoms with van der Waals surface area (Å²) in [6, 6.07) is 6.21. The second-order valence-electron chi connectivity index (χ2n) is 3.93. The van der Waals surface area contributed by atoms with Gasteiger partial charge in [-0.15, -0.1) is 0 Å². The lowest BCUT2D eigenvalue weighted by Gasteiger charge is -2.11. The Balaban J connectivity index is 2.28. The third-order valence-electron chi connectivity index (χ3n) is 2.55. The molecule has 0 spiro atoms. The van der Waals surface area contributed by atoms with E-state index in [1.54, 1.807) is 0 Å². The number of aryl methyl sites for hydroxylation is 1. The molecule has 0 saturated heterocycles. The van der Waals surface area contributed by atoms with Crippen LogP contribution in [0.25, 0.3) is 0 Å². The molecule has 1 heterocycles. The van der Waals surface area contributed by atoms with Crippen LogP contribution in [0.4, 0.5) is 0 Å². The van der Waals surface area contributed by atoms with E-state index in [4.69, 9.17) is 5.73 Å². The van der Waals surface area contributed by atoms with E-state index in [2.05, 4.69) is 18.5 Å². The first-order valence-corrected chi connectivity index (χ1v) is 5.54. The summed E-state index contributed by atoms with van der Waals surface area (Å²) in [5, 5.41) is 0. The highest BCUT2D eigenvalue weighted by Gasteiger charge is 2.04. The molecule has 1 atom stereocenters. The summed E-state index contributed by atoms with van der Waals surface area (Å²) in [7, 11) is 0. The minimum absolute atomic E-state index is 0.222. The summed E-state index contributed by atoms with van der Waals surface area (Å²) < 4.78 is 0. The van der Waals surface area contributed by atoms with Crippen molar-refractivity contribution in [1.29, 1.82) is 0 Å². The van der Waals surface area contributed by atoms with Gasteiger partial charge >= 0.3 is 0 Å². The highest BCUT2D eigenvalue weighted by atomic mass is 14.7.